The van der Waals surface area contributed by atoms with Gasteiger partial charge in [0, 0.05) is 6.54 Å². The molecule has 6 heteroatoms. The highest BCUT2D eigenvalue weighted by atomic mass is 79.9. The molecular weight excluding hydrogens is 284 g/mol. The summed E-state index contributed by atoms with van der Waals surface area (Å²) in [5.41, 5.74) is -0.161. The van der Waals surface area contributed by atoms with Gasteiger partial charge in [-0.15, -0.1) is 0 Å². The molecule has 17 heavy (non-hydrogen) atoms. The van der Waals surface area contributed by atoms with Crippen molar-refractivity contribution in [2.45, 2.75) is 20.3 Å². The van der Waals surface area contributed by atoms with Crippen molar-refractivity contribution in [2.24, 2.45) is 0 Å². The normalized spacial score (nSPS) is 10.8. The fourth-order valence-corrected chi connectivity index (χ4v) is 1.91. The van der Waals surface area contributed by atoms with E-state index in [0.717, 1.165) is 32.6 Å². The van der Waals surface area contributed by atoms with E-state index >= 15 is 0 Å². The van der Waals surface area contributed by atoms with Crippen LogP contribution in [0.3, 0.4) is 0 Å². The van der Waals surface area contributed by atoms with Crippen molar-refractivity contribution >= 4 is 21.7 Å². The lowest BCUT2D eigenvalue weighted by Crippen LogP contribution is -2.25. The first kappa shape index (κ1) is 14.2. The molecule has 5 nitrogen and oxygen atoms in total. The van der Waals surface area contributed by atoms with Gasteiger partial charge in [0.25, 0.3) is 5.56 Å². The van der Waals surface area contributed by atoms with Crippen LogP contribution in [0.2, 0.25) is 0 Å². The summed E-state index contributed by atoms with van der Waals surface area (Å²) >= 11 is 3.21. The molecule has 0 radical (unpaired) electrons. The summed E-state index contributed by atoms with van der Waals surface area (Å²) in [6.07, 6.45) is 2.43. The minimum absolute atomic E-state index is 0.161. The average molecular weight is 303 g/mol. The Balaban J connectivity index is 2.36. The van der Waals surface area contributed by atoms with Gasteiger partial charge in [-0.2, -0.15) is 0 Å². The van der Waals surface area contributed by atoms with Crippen LogP contribution in [-0.4, -0.2) is 41.0 Å². The number of hydrogen-bond acceptors (Lipinski definition) is 4. The van der Waals surface area contributed by atoms with Gasteiger partial charge < -0.3 is 15.2 Å². The summed E-state index contributed by atoms with van der Waals surface area (Å²) in [4.78, 5) is 20.2. The molecule has 0 aliphatic rings. The summed E-state index contributed by atoms with van der Waals surface area (Å²) < 4.78 is 0.461. The Morgan fingerprint density at radius 2 is 2.18 bits per heavy atom. The van der Waals surface area contributed by atoms with E-state index in [1.54, 1.807) is 0 Å². The Bertz CT molecular complexity index is 389. The van der Waals surface area contributed by atoms with E-state index in [4.69, 9.17) is 0 Å². The zero-order valence-corrected chi connectivity index (χ0v) is 11.9. The molecule has 96 valence electrons. The first-order chi connectivity index (χ1) is 8.19. The van der Waals surface area contributed by atoms with Crippen LogP contribution in [0.15, 0.2) is 15.6 Å². The summed E-state index contributed by atoms with van der Waals surface area (Å²) in [5, 5.41) is 3.15. The first-order valence-electron chi connectivity index (χ1n) is 5.88. The van der Waals surface area contributed by atoms with Crippen molar-refractivity contribution in [3.63, 3.8) is 0 Å². The Morgan fingerprint density at radius 3 is 2.82 bits per heavy atom. The molecule has 1 rings (SSSR count). The van der Waals surface area contributed by atoms with Crippen LogP contribution < -0.4 is 10.9 Å². The van der Waals surface area contributed by atoms with Crippen LogP contribution in [0, 0.1) is 0 Å². The smallest absolute Gasteiger partial charge is 0.267 e. The second-order valence-electron chi connectivity index (χ2n) is 3.70. The second-order valence-corrected chi connectivity index (χ2v) is 4.49. The number of aromatic nitrogens is 2. The van der Waals surface area contributed by atoms with Crippen molar-refractivity contribution < 1.29 is 0 Å². The lowest BCUT2D eigenvalue weighted by molar-refractivity contribution is 0.303. The molecule has 0 amide bonds. The molecule has 0 aliphatic heterocycles. The summed E-state index contributed by atoms with van der Waals surface area (Å²) in [7, 11) is 0. The van der Waals surface area contributed by atoms with Crippen molar-refractivity contribution in [2.75, 3.05) is 31.5 Å². The minimum atomic E-state index is -0.161. The van der Waals surface area contributed by atoms with Crippen molar-refractivity contribution in [1.29, 1.82) is 0 Å². The predicted molar refractivity (Wildman–Crippen MR) is 73.5 cm³/mol. The van der Waals surface area contributed by atoms with E-state index in [0.29, 0.717) is 10.3 Å². The number of anilines is 1. The average Bonchev–Trinajstić information content (AvgIpc) is 2.34. The van der Waals surface area contributed by atoms with Gasteiger partial charge in [-0.1, -0.05) is 13.8 Å². The molecule has 0 aromatic carbocycles. The molecule has 1 aromatic heterocycles. The number of H-pyrrole nitrogens is 1. The molecule has 1 aromatic rings. The fourth-order valence-electron chi connectivity index (χ4n) is 1.56. The van der Waals surface area contributed by atoms with Crippen LogP contribution in [0.5, 0.6) is 0 Å². The third-order valence-electron chi connectivity index (χ3n) is 2.63. The fraction of sp³-hybridized carbons (Fsp3) is 0.636. The molecule has 0 spiro atoms. The van der Waals surface area contributed by atoms with Crippen molar-refractivity contribution in [1.82, 2.24) is 14.9 Å². The largest absolute Gasteiger partial charge is 0.369 e. The third-order valence-corrected chi connectivity index (χ3v) is 3.37. The van der Waals surface area contributed by atoms with E-state index in [1.165, 1.54) is 6.33 Å². The van der Waals surface area contributed by atoms with Gasteiger partial charge in [0.15, 0.2) is 0 Å². The Kier molecular flexibility index (Phi) is 6.21. The predicted octanol–water partition coefficient (Wildman–Crippen LogP) is 1.68. The lowest BCUT2D eigenvalue weighted by atomic mass is 10.3. The summed E-state index contributed by atoms with van der Waals surface area (Å²) in [6, 6.07) is 0. The van der Waals surface area contributed by atoms with Gasteiger partial charge in [-0.25, -0.2) is 4.98 Å². The van der Waals surface area contributed by atoms with Crippen LogP contribution in [0.25, 0.3) is 0 Å². The highest BCUT2D eigenvalue weighted by molar-refractivity contribution is 9.10. The zero-order valence-electron chi connectivity index (χ0n) is 10.3. The maximum Gasteiger partial charge on any atom is 0.267 e. The van der Waals surface area contributed by atoms with Crippen LogP contribution in [0.1, 0.15) is 20.3 Å². The molecule has 0 unspecified atom stereocenters. The van der Waals surface area contributed by atoms with Crippen molar-refractivity contribution in [3.8, 4) is 0 Å². The maximum atomic E-state index is 11.3. The minimum Gasteiger partial charge on any atom is -0.369 e. The molecule has 1 heterocycles. The van der Waals surface area contributed by atoms with E-state index in [2.05, 4.69) is 50.0 Å². The Morgan fingerprint density at radius 1 is 1.47 bits per heavy atom. The first-order valence-corrected chi connectivity index (χ1v) is 6.67. The number of nitrogens with one attached hydrogen (secondary N) is 2. The molecule has 0 saturated carbocycles. The number of hydrogen-bond donors (Lipinski definition) is 2. The van der Waals surface area contributed by atoms with Gasteiger partial charge in [-0.05, 0) is 42.0 Å². The third kappa shape index (κ3) is 4.47. The van der Waals surface area contributed by atoms with Crippen LogP contribution >= 0.6 is 15.9 Å². The van der Waals surface area contributed by atoms with Gasteiger partial charge in [0.1, 0.15) is 10.3 Å². The summed E-state index contributed by atoms with van der Waals surface area (Å²) in [6.45, 7) is 8.33. The quantitative estimate of drug-likeness (QED) is 0.752. The number of aromatic amines is 1. The monoisotopic (exact) mass is 302 g/mol. The molecule has 0 fully saturated rings. The highest BCUT2D eigenvalue weighted by Gasteiger charge is 2.04. The highest BCUT2D eigenvalue weighted by Crippen LogP contribution is 2.12. The summed E-state index contributed by atoms with van der Waals surface area (Å²) in [5.74, 6) is 0.605. The zero-order chi connectivity index (χ0) is 12.7. The molecule has 0 atom stereocenters. The van der Waals surface area contributed by atoms with Gasteiger partial charge in [0.05, 0.1) is 6.33 Å². The Labute approximate surface area is 110 Å². The maximum absolute atomic E-state index is 11.3. The van der Waals surface area contributed by atoms with Crippen LogP contribution in [-0.2, 0) is 0 Å². The van der Waals surface area contributed by atoms with E-state index in [9.17, 15) is 4.79 Å². The molecule has 2 N–H and O–H groups in total. The van der Waals surface area contributed by atoms with Crippen molar-refractivity contribution in [3.05, 3.63) is 21.2 Å². The molecule has 0 aliphatic carbocycles. The van der Waals surface area contributed by atoms with Crippen LogP contribution in [0.4, 0.5) is 5.82 Å². The number of halogens is 1. The van der Waals surface area contributed by atoms with E-state index in [1.807, 2.05) is 0 Å². The lowest BCUT2D eigenvalue weighted by Gasteiger charge is -2.17. The second kappa shape index (κ2) is 7.45. The SMILES string of the molecule is CCN(CC)CCCNc1nc[nH]c(=O)c1Br. The molecule has 0 saturated heterocycles. The van der Waals surface area contributed by atoms with Gasteiger partial charge in [0.2, 0.25) is 0 Å². The topological polar surface area (TPSA) is 61.0 Å². The number of rotatable bonds is 7. The standard InChI is InChI=1S/C11H19BrN4O/c1-3-16(4-2)7-5-6-13-10-9(12)11(17)15-8-14-10/h8H,3-7H2,1-2H3,(H2,13,14,15,17). The molecular formula is C11H19BrN4O. The van der Waals surface area contributed by atoms with E-state index in [-0.39, 0.29) is 5.56 Å². The number of nitrogens with zero attached hydrogens (tertiary/aromatic N) is 2. The molecule has 0 bridgehead atoms. The van der Waals surface area contributed by atoms with E-state index < -0.39 is 0 Å². The Hall–Kier alpha value is -0.880. The van der Waals surface area contributed by atoms with Gasteiger partial charge >= 0.3 is 0 Å². The van der Waals surface area contributed by atoms with Gasteiger partial charge in [-0.3, -0.25) is 4.79 Å².